The Morgan fingerprint density at radius 1 is 1.25 bits per heavy atom. The number of nitrogens with zero attached hydrogens (tertiary/aromatic N) is 4. The van der Waals surface area contributed by atoms with E-state index >= 15 is 0 Å². The predicted octanol–water partition coefficient (Wildman–Crippen LogP) is 1.39. The van der Waals surface area contributed by atoms with Crippen molar-refractivity contribution in [1.29, 1.82) is 0 Å². The molecule has 1 fully saturated rings. The SMILES string of the molecule is CC1(CS(=O)(=O)N2CCn3ncnc3C2)CCCCC1. The Kier molecular flexibility index (Phi) is 3.58. The Bertz CT molecular complexity index is 575. The Balaban J connectivity index is 1.73. The molecule has 0 N–H and O–H groups in total. The van der Waals surface area contributed by atoms with Gasteiger partial charge in [0.25, 0.3) is 0 Å². The molecule has 2 heterocycles. The minimum atomic E-state index is -3.21. The van der Waals surface area contributed by atoms with Crippen LogP contribution in [0.2, 0.25) is 0 Å². The van der Waals surface area contributed by atoms with E-state index in [-0.39, 0.29) is 11.2 Å². The van der Waals surface area contributed by atoms with Gasteiger partial charge in [-0.15, -0.1) is 0 Å². The lowest BCUT2D eigenvalue weighted by Gasteiger charge is -2.36. The predicted molar refractivity (Wildman–Crippen MR) is 75.4 cm³/mol. The van der Waals surface area contributed by atoms with Gasteiger partial charge in [0.1, 0.15) is 12.2 Å². The summed E-state index contributed by atoms with van der Waals surface area (Å²) in [6.07, 6.45) is 7.09. The van der Waals surface area contributed by atoms with Gasteiger partial charge in [0.15, 0.2) is 0 Å². The molecular formula is C13H22N4O2S. The van der Waals surface area contributed by atoms with Crippen molar-refractivity contribution in [3.8, 4) is 0 Å². The van der Waals surface area contributed by atoms with Crippen LogP contribution in [0.1, 0.15) is 44.9 Å². The number of hydrogen-bond donors (Lipinski definition) is 0. The van der Waals surface area contributed by atoms with Gasteiger partial charge in [-0.05, 0) is 18.3 Å². The van der Waals surface area contributed by atoms with Crippen molar-refractivity contribution < 1.29 is 8.42 Å². The van der Waals surface area contributed by atoms with Crippen molar-refractivity contribution in [2.75, 3.05) is 12.3 Å². The zero-order valence-corrected chi connectivity index (χ0v) is 12.8. The first-order valence-corrected chi connectivity index (χ1v) is 8.94. The molecule has 0 radical (unpaired) electrons. The fourth-order valence-electron chi connectivity index (χ4n) is 3.36. The van der Waals surface area contributed by atoms with E-state index in [1.165, 1.54) is 12.7 Å². The van der Waals surface area contributed by atoms with Gasteiger partial charge in [-0.25, -0.2) is 18.1 Å². The summed E-state index contributed by atoms with van der Waals surface area (Å²) >= 11 is 0. The smallest absolute Gasteiger partial charge is 0.215 e. The molecule has 3 rings (SSSR count). The van der Waals surface area contributed by atoms with Crippen molar-refractivity contribution in [3.05, 3.63) is 12.2 Å². The zero-order valence-electron chi connectivity index (χ0n) is 12.0. The number of aromatic nitrogens is 3. The van der Waals surface area contributed by atoms with E-state index in [4.69, 9.17) is 0 Å². The van der Waals surface area contributed by atoms with Crippen molar-refractivity contribution in [2.24, 2.45) is 5.41 Å². The lowest BCUT2D eigenvalue weighted by atomic mass is 9.77. The summed E-state index contributed by atoms with van der Waals surface area (Å²) < 4.78 is 28.7. The number of sulfonamides is 1. The lowest BCUT2D eigenvalue weighted by molar-refractivity contribution is 0.239. The van der Waals surface area contributed by atoms with Crippen molar-refractivity contribution in [1.82, 2.24) is 19.1 Å². The van der Waals surface area contributed by atoms with Crippen LogP contribution in [0.5, 0.6) is 0 Å². The molecule has 20 heavy (non-hydrogen) atoms. The summed E-state index contributed by atoms with van der Waals surface area (Å²) in [7, 11) is -3.21. The number of rotatable bonds is 3. The van der Waals surface area contributed by atoms with E-state index in [2.05, 4.69) is 17.0 Å². The van der Waals surface area contributed by atoms with Crippen LogP contribution in [0.3, 0.4) is 0 Å². The van der Waals surface area contributed by atoms with Crippen LogP contribution in [-0.2, 0) is 23.1 Å². The van der Waals surface area contributed by atoms with Crippen LogP contribution in [0.15, 0.2) is 6.33 Å². The van der Waals surface area contributed by atoms with Crippen molar-refractivity contribution in [2.45, 2.75) is 52.1 Å². The van der Waals surface area contributed by atoms with E-state index in [1.807, 2.05) is 0 Å². The Hall–Kier alpha value is -0.950. The normalized spacial score (nSPS) is 23.4. The first-order chi connectivity index (χ1) is 9.49. The Morgan fingerprint density at radius 3 is 2.75 bits per heavy atom. The van der Waals surface area contributed by atoms with E-state index < -0.39 is 10.0 Å². The monoisotopic (exact) mass is 298 g/mol. The maximum atomic E-state index is 12.7. The minimum absolute atomic E-state index is 0.0534. The topological polar surface area (TPSA) is 68.1 Å². The summed E-state index contributed by atoms with van der Waals surface area (Å²) in [5, 5.41) is 4.09. The maximum absolute atomic E-state index is 12.7. The van der Waals surface area contributed by atoms with Gasteiger partial charge in [0, 0.05) is 6.54 Å². The van der Waals surface area contributed by atoms with Crippen LogP contribution in [0.25, 0.3) is 0 Å². The van der Waals surface area contributed by atoms with Gasteiger partial charge < -0.3 is 0 Å². The van der Waals surface area contributed by atoms with Crippen molar-refractivity contribution in [3.63, 3.8) is 0 Å². The largest absolute Gasteiger partial charge is 0.247 e. The summed E-state index contributed by atoms with van der Waals surface area (Å²) in [6, 6.07) is 0. The quantitative estimate of drug-likeness (QED) is 0.846. The summed E-state index contributed by atoms with van der Waals surface area (Å²) in [5.41, 5.74) is -0.0534. The second-order valence-corrected chi connectivity index (χ2v) is 8.33. The highest BCUT2D eigenvalue weighted by atomic mass is 32.2. The first kappa shape index (κ1) is 14.0. The molecule has 0 unspecified atom stereocenters. The second kappa shape index (κ2) is 5.11. The second-order valence-electron chi connectivity index (χ2n) is 6.36. The molecule has 1 aromatic rings. The van der Waals surface area contributed by atoms with E-state index in [1.54, 1.807) is 8.99 Å². The summed E-state index contributed by atoms with van der Waals surface area (Å²) in [6.45, 7) is 3.59. The van der Waals surface area contributed by atoms with Gasteiger partial charge in [-0.3, -0.25) is 0 Å². The minimum Gasteiger partial charge on any atom is -0.247 e. The van der Waals surface area contributed by atoms with Crippen LogP contribution in [0, 0.1) is 5.41 Å². The van der Waals surface area contributed by atoms with Crippen LogP contribution >= 0.6 is 0 Å². The molecule has 1 aromatic heterocycles. The third kappa shape index (κ3) is 2.74. The van der Waals surface area contributed by atoms with Gasteiger partial charge >= 0.3 is 0 Å². The standard InChI is InChI=1S/C13H22N4O2S/c1-13(5-3-2-4-6-13)10-20(18,19)16-7-8-17-12(9-16)14-11-15-17/h11H,2-10H2,1H3. The van der Waals surface area contributed by atoms with E-state index in [0.29, 0.717) is 19.6 Å². The van der Waals surface area contributed by atoms with E-state index in [9.17, 15) is 8.42 Å². The molecule has 0 bridgehead atoms. The molecule has 1 saturated carbocycles. The molecule has 0 amide bonds. The third-order valence-electron chi connectivity index (χ3n) is 4.56. The number of fused-ring (bicyclic) bond motifs is 1. The fraction of sp³-hybridized carbons (Fsp3) is 0.846. The molecule has 1 aliphatic carbocycles. The molecule has 0 aromatic carbocycles. The first-order valence-electron chi connectivity index (χ1n) is 7.33. The molecule has 0 spiro atoms. The molecular weight excluding hydrogens is 276 g/mol. The highest BCUT2D eigenvalue weighted by molar-refractivity contribution is 7.89. The average molecular weight is 298 g/mol. The van der Waals surface area contributed by atoms with E-state index in [0.717, 1.165) is 31.5 Å². The van der Waals surface area contributed by atoms with Crippen LogP contribution in [-0.4, -0.2) is 39.8 Å². The molecule has 2 aliphatic rings. The fourth-order valence-corrected chi connectivity index (χ4v) is 5.38. The highest BCUT2D eigenvalue weighted by Crippen LogP contribution is 2.37. The summed E-state index contributed by atoms with van der Waals surface area (Å²) in [5.74, 6) is 1.02. The molecule has 0 saturated heterocycles. The lowest BCUT2D eigenvalue weighted by Crippen LogP contribution is -2.43. The third-order valence-corrected chi connectivity index (χ3v) is 6.72. The zero-order chi connectivity index (χ0) is 14.2. The molecule has 7 heteroatoms. The van der Waals surface area contributed by atoms with Gasteiger partial charge in [0.2, 0.25) is 10.0 Å². The molecule has 0 atom stereocenters. The maximum Gasteiger partial charge on any atom is 0.215 e. The highest BCUT2D eigenvalue weighted by Gasteiger charge is 2.36. The van der Waals surface area contributed by atoms with Crippen LogP contribution < -0.4 is 0 Å². The Morgan fingerprint density at radius 2 is 2.00 bits per heavy atom. The molecule has 112 valence electrons. The summed E-state index contributed by atoms with van der Waals surface area (Å²) in [4.78, 5) is 4.13. The van der Waals surface area contributed by atoms with Gasteiger partial charge in [-0.2, -0.15) is 9.40 Å². The van der Waals surface area contributed by atoms with Gasteiger partial charge in [0.05, 0.1) is 18.8 Å². The average Bonchev–Trinajstić information content (AvgIpc) is 2.85. The molecule has 1 aliphatic heterocycles. The van der Waals surface area contributed by atoms with Crippen LogP contribution in [0.4, 0.5) is 0 Å². The number of hydrogen-bond acceptors (Lipinski definition) is 4. The molecule has 6 nitrogen and oxygen atoms in total. The van der Waals surface area contributed by atoms with Crippen molar-refractivity contribution >= 4 is 10.0 Å². The Labute approximate surface area is 120 Å². The van der Waals surface area contributed by atoms with Gasteiger partial charge in [-0.1, -0.05) is 26.2 Å².